The van der Waals surface area contributed by atoms with Crippen LogP contribution in [0.1, 0.15) is 6.92 Å². The first-order valence-corrected chi connectivity index (χ1v) is 3.96. The molecule has 1 aliphatic heterocycles. The fourth-order valence-electron chi connectivity index (χ4n) is 1.21. The predicted molar refractivity (Wildman–Crippen MR) is 43.1 cm³/mol. The van der Waals surface area contributed by atoms with E-state index in [4.69, 9.17) is 5.73 Å². The summed E-state index contributed by atoms with van der Waals surface area (Å²) in [5.74, 6) is 0.161. The van der Waals surface area contributed by atoms with Gasteiger partial charge in [-0.05, 0) is 6.92 Å². The molecule has 0 radical (unpaired) electrons. The molecule has 11 heavy (non-hydrogen) atoms. The second-order valence-corrected chi connectivity index (χ2v) is 2.85. The fourth-order valence-corrected chi connectivity index (χ4v) is 1.21. The van der Waals surface area contributed by atoms with E-state index in [0.717, 1.165) is 13.1 Å². The average molecular weight is 157 g/mol. The Bertz CT molecular complexity index is 149. The minimum absolute atomic E-state index is 0.161. The monoisotopic (exact) mass is 157 g/mol. The van der Waals surface area contributed by atoms with E-state index in [9.17, 15) is 4.79 Å². The lowest BCUT2D eigenvalue weighted by molar-refractivity contribution is -0.133. The van der Waals surface area contributed by atoms with E-state index in [1.165, 1.54) is 0 Å². The van der Waals surface area contributed by atoms with Gasteiger partial charge in [-0.1, -0.05) is 0 Å². The van der Waals surface area contributed by atoms with Crippen LogP contribution in [0.5, 0.6) is 0 Å². The van der Waals surface area contributed by atoms with Gasteiger partial charge in [-0.25, -0.2) is 0 Å². The summed E-state index contributed by atoms with van der Waals surface area (Å²) in [7, 11) is 0. The molecule has 64 valence electrons. The Balaban J connectivity index is 2.47. The number of amides is 1. The van der Waals surface area contributed by atoms with Crippen LogP contribution in [-0.2, 0) is 4.79 Å². The van der Waals surface area contributed by atoms with E-state index in [-0.39, 0.29) is 11.9 Å². The highest BCUT2D eigenvalue weighted by Gasteiger charge is 2.21. The van der Waals surface area contributed by atoms with E-state index >= 15 is 0 Å². The summed E-state index contributed by atoms with van der Waals surface area (Å²) in [6.45, 7) is 4.66. The van der Waals surface area contributed by atoms with Crippen molar-refractivity contribution in [3.63, 3.8) is 0 Å². The van der Waals surface area contributed by atoms with Crippen LogP contribution in [-0.4, -0.2) is 43.0 Å². The van der Waals surface area contributed by atoms with Crippen molar-refractivity contribution < 1.29 is 4.79 Å². The maximum absolute atomic E-state index is 11.2. The summed E-state index contributed by atoms with van der Waals surface area (Å²) >= 11 is 0. The van der Waals surface area contributed by atoms with Crippen LogP contribution in [0.4, 0.5) is 0 Å². The number of hydrogen-bond donors (Lipinski definition) is 2. The molecule has 1 fully saturated rings. The molecule has 3 N–H and O–H groups in total. The predicted octanol–water partition coefficient (Wildman–Crippen LogP) is -1.23. The highest BCUT2D eigenvalue weighted by atomic mass is 16.2. The van der Waals surface area contributed by atoms with Crippen LogP contribution in [0, 0.1) is 0 Å². The molecule has 0 unspecified atom stereocenters. The van der Waals surface area contributed by atoms with Crippen molar-refractivity contribution in [2.24, 2.45) is 5.73 Å². The van der Waals surface area contributed by atoms with Crippen molar-refractivity contribution in [2.75, 3.05) is 26.2 Å². The summed E-state index contributed by atoms with van der Waals surface area (Å²) in [5.41, 5.74) is 5.45. The SMILES string of the molecule is C[C@H](CN)N1CCNCC1=O. The number of carbonyl (C=O) groups excluding carboxylic acids is 1. The van der Waals surface area contributed by atoms with Gasteiger partial charge in [0.1, 0.15) is 0 Å². The molecular formula is C7H15N3O. The third kappa shape index (κ3) is 1.91. The number of piperazine rings is 1. The van der Waals surface area contributed by atoms with Crippen molar-refractivity contribution in [3.8, 4) is 0 Å². The highest BCUT2D eigenvalue weighted by molar-refractivity contribution is 5.79. The second kappa shape index (κ2) is 3.69. The van der Waals surface area contributed by atoms with Crippen molar-refractivity contribution in [2.45, 2.75) is 13.0 Å². The van der Waals surface area contributed by atoms with Crippen molar-refractivity contribution >= 4 is 5.91 Å². The summed E-state index contributed by atoms with van der Waals surface area (Å²) in [4.78, 5) is 13.0. The van der Waals surface area contributed by atoms with E-state index in [2.05, 4.69) is 5.32 Å². The molecule has 1 atom stereocenters. The van der Waals surface area contributed by atoms with Gasteiger partial charge in [0.2, 0.25) is 5.91 Å². The van der Waals surface area contributed by atoms with Gasteiger partial charge in [-0.15, -0.1) is 0 Å². The summed E-state index contributed by atoms with van der Waals surface area (Å²) in [5, 5.41) is 3.01. The van der Waals surface area contributed by atoms with Crippen LogP contribution in [0.25, 0.3) is 0 Å². The Hall–Kier alpha value is -0.610. The third-order valence-electron chi connectivity index (χ3n) is 2.00. The molecule has 0 aromatic rings. The molecule has 1 saturated heterocycles. The minimum atomic E-state index is 0.161. The van der Waals surface area contributed by atoms with Crippen LogP contribution in [0.3, 0.4) is 0 Å². The van der Waals surface area contributed by atoms with Gasteiger partial charge in [-0.3, -0.25) is 4.79 Å². The lowest BCUT2D eigenvalue weighted by Crippen LogP contribution is -2.53. The molecule has 0 bridgehead atoms. The van der Waals surface area contributed by atoms with Crippen LogP contribution >= 0.6 is 0 Å². The van der Waals surface area contributed by atoms with Gasteiger partial charge >= 0.3 is 0 Å². The topological polar surface area (TPSA) is 58.4 Å². The van der Waals surface area contributed by atoms with Crippen molar-refractivity contribution in [1.82, 2.24) is 10.2 Å². The molecule has 0 aliphatic carbocycles. The summed E-state index contributed by atoms with van der Waals surface area (Å²) in [6.07, 6.45) is 0. The third-order valence-corrected chi connectivity index (χ3v) is 2.00. The van der Waals surface area contributed by atoms with Gasteiger partial charge in [0, 0.05) is 25.7 Å². The maximum atomic E-state index is 11.2. The smallest absolute Gasteiger partial charge is 0.236 e. The highest BCUT2D eigenvalue weighted by Crippen LogP contribution is 1.99. The fraction of sp³-hybridized carbons (Fsp3) is 0.857. The zero-order valence-corrected chi connectivity index (χ0v) is 6.84. The van der Waals surface area contributed by atoms with Gasteiger partial charge in [0.05, 0.1) is 6.54 Å². The van der Waals surface area contributed by atoms with E-state index in [1.807, 2.05) is 11.8 Å². The van der Waals surface area contributed by atoms with E-state index < -0.39 is 0 Å². The van der Waals surface area contributed by atoms with Crippen molar-refractivity contribution in [1.29, 1.82) is 0 Å². The summed E-state index contributed by atoms with van der Waals surface area (Å²) < 4.78 is 0. The van der Waals surface area contributed by atoms with Gasteiger partial charge in [0.15, 0.2) is 0 Å². The Labute approximate surface area is 66.7 Å². The first kappa shape index (κ1) is 8.49. The van der Waals surface area contributed by atoms with E-state index in [0.29, 0.717) is 13.1 Å². The molecule has 1 amide bonds. The molecule has 1 rings (SSSR count). The van der Waals surface area contributed by atoms with Crippen LogP contribution < -0.4 is 11.1 Å². The number of rotatable bonds is 2. The quantitative estimate of drug-likeness (QED) is 0.527. The van der Waals surface area contributed by atoms with Crippen molar-refractivity contribution in [3.05, 3.63) is 0 Å². The Morgan fingerprint density at radius 2 is 2.55 bits per heavy atom. The Kier molecular flexibility index (Phi) is 2.84. The Morgan fingerprint density at radius 1 is 1.82 bits per heavy atom. The summed E-state index contributed by atoms with van der Waals surface area (Å²) in [6, 6.07) is 0.185. The van der Waals surface area contributed by atoms with Gasteiger partial charge in [-0.2, -0.15) is 0 Å². The molecule has 0 aromatic heterocycles. The molecule has 4 heteroatoms. The maximum Gasteiger partial charge on any atom is 0.236 e. The number of nitrogens with two attached hydrogens (primary N) is 1. The molecule has 0 spiro atoms. The minimum Gasteiger partial charge on any atom is -0.336 e. The first-order valence-electron chi connectivity index (χ1n) is 3.96. The average Bonchev–Trinajstić information content (AvgIpc) is 2.04. The molecule has 4 nitrogen and oxygen atoms in total. The number of hydrogen-bond acceptors (Lipinski definition) is 3. The normalized spacial score (nSPS) is 22.0. The van der Waals surface area contributed by atoms with Gasteiger partial charge < -0.3 is 16.0 Å². The standard InChI is InChI=1S/C7H15N3O/c1-6(4-8)10-3-2-9-5-7(10)11/h6,9H,2-5,8H2,1H3/t6-/m1/s1. The first-order chi connectivity index (χ1) is 5.25. The van der Waals surface area contributed by atoms with E-state index in [1.54, 1.807) is 0 Å². The molecule has 1 heterocycles. The largest absolute Gasteiger partial charge is 0.336 e. The second-order valence-electron chi connectivity index (χ2n) is 2.85. The molecule has 1 aliphatic rings. The molecule has 0 saturated carbocycles. The zero-order chi connectivity index (χ0) is 8.27. The van der Waals surface area contributed by atoms with Crippen LogP contribution in [0.2, 0.25) is 0 Å². The lowest BCUT2D eigenvalue weighted by atomic mass is 10.2. The number of nitrogens with one attached hydrogen (secondary N) is 1. The lowest BCUT2D eigenvalue weighted by Gasteiger charge is -2.32. The number of nitrogens with zero attached hydrogens (tertiary/aromatic N) is 1. The molecular weight excluding hydrogens is 142 g/mol. The number of carbonyl (C=O) groups is 1. The molecule has 0 aromatic carbocycles. The van der Waals surface area contributed by atoms with Gasteiger partial charge in [0.25, 0.3) is 0 Å². The van der Waals surface area contributed by atoms with Crippen LogP contribution in [0.15, 0.2) is 0 Å². The Morgan fingerprint density at radius 3 is 3.09 bits per heavy atom. The zero-order valence-electron chi connectivity index (χ0n) is 6.84.